The molecule has 1 saturated heterocycles. The number of anilines is 2. The van der Waals surface area contributed by atoms with Crippen LogP contribution in [0.25, 0.3) is 0 Å². The molecule has 8 heteroatoms. The van der Waals surface area contributed by atoms with Crippen LogP contribution in [0.5, 0.6) is 0 Å². The van der Waals surface area contributed by atoms with Crippen molar-refractivity contribution in [3.8, 4) is 0 Å². The molecule has 1 fully saturated rings. The fourth-order valence-electron chi connectivity index (χ4n) is 4.02. The van der Waals surface area contributed by atoms with Crippen LogP contribution in [0.4, 0.5) is 11.6 Å². The van der Waals surface area contributed by atoms with Gasteiger partial charge < -0.3 is 10.2 Å². The second-order valence-corrected chi connectivity index (χ2v) is 7.89. The van der Waals surface area contributed by atoms with Crippen LogP contribution in [0, 0.1) is 20.8 Å². The minimum atomic E-state index is -0.392. The van der Waals surface area contributed by atoms with Gasteiger partial charge in [0.1, 0.15) is 18.2 Å². The summed E-state index contributed by atoms with van der Waals surface area (Å²) in [6.07, 6.45) is 1.74. The van der Waals surface area contributed by atoms with Crippen LogP contribution in [-0.2, 0) is 11.3 Å². The summed E-state index contributed by atoms with van der Waals surface area (Å²) in [4.78, 5) is 40.3. The van der Waals surface area contributed by atoms with Gasteiger partial charge in [-0.25, -0.2) is 14.8 Å². The monoisotopic (exact) mass is 418 g/mol. The molecule has 0 aliphatic carbocycles. The quantitative estimate of drug-likeness (QED) is 0.685. The smallest absolute Gasteiger partial charge is 0.333 e. The van der Waals surface area contributed by atoms with Crippen molar-refractivity contribution < 1.29 is 4.79 Å². The second kappa shape index (κ2) is 8.67. The van der Waals surface area contributed by atoms with Gasteiger partial charge in [0.25, 0.3) is 0 Å². The van der Waals surface area contributed by atoms with Crippen LogP contribution in [0.3, 0.4) is 0 Å². The topological polar surface area (TPSA) is 93.0 Å². The normalized spacial score (nSPS) is 15.8. The molecule has 31 heavy (non-hydrogen) atoms. The Balaban J connectivity index is 1.53. The number of amides is 1. The Morgan fingerprint density at radius 1 is 1.03 bits per heavy atom. The summed E-state index contributed by atoms with van der Waals surface area (Å²) in [5, 5.41) is 3.23. The fourth-order valence-corrected chi connectivity index (χ4v) is 4.02. The number of nitrogens with one attached hydrogen (secondary N) is 1. The number of aryl methyl sites for hydroxylation is 3. The molecule has 0 aromatic carbocycles. The third-order valence-electron chi connectivity index (χ3n) is 5.47. The van der Waals surface area contributed by atoms with Crippen molar-refractivity contribution in [3.05, 3.63) is 75.7 Å². The third-order valence-corrected chi connectivity index (χ3v) is 5.47. The van der Waals surface area contributed by atoms with E-state index in [0.717, 1.165) is 35.7 Å². The van der Waals surface area contributed by atoms with E-state index in [1.165, 1.54) is 4.57 Å². The maximum Gasteiger partial charge on any atom is 0.348 e. The van der Waals surface area contributed by atoms with E-state index in [0.29, 0.717) is 18.1 Å². The van der Waals surface area contributed by atoms with E-state index in [4.69, 9.17) is 4.98 Å². The molecule has 0 bridgehead atoms. The molecule has 1 atom stereocenters. The predicted octanol–water partition coefficient (Wildman–Crippen LogP) is 3.07. The Morgan fingerprint density at radius 3 is 2.52 bits per heavy atom. The van der Waals surface area contributed by atoms with E-state index >= 15 is 0 Å². The molecule has 1 aliphatic rings. The van der Waals surface area contributed by atoms with E-state index in [2.05, 4.69) is 15.3 Å². The molecule has 0 saturated carbocycles. The van der Waals surface area contributed by atoms with Crippen LogP contribution >= 0.6 is 0 Å². The first-order valence-electron chi connectivity index (χ1n) is 10.4. The first kappa shape index (κ1) is 20.7. The van der Waals surface area contributed by atoms with Gasteiger partial charge >= 0.3 is 5.69 Å². The van der Waals surface area contributed by atoms with Gasteiger partial charge in [-0.05, 0) is 63.9 Å². The van der Waals surface area contributed by atoms with Gasteiger partial charge in [0.05, 0.1) is 11.7 Å². The van der Waals surface area contributed by atoms with Gasteiger partial charge in [0.15, 0.2) is 0 Å². The molecule has 3 aromatic heterocycles. The molecule has 1 amide bonds. The van der Waals surface area contributed by atoms with Crippen molar-refractivity contribution in [2.45, 2.75) is 46.2 Å². The van der Waals surface area contributed by atoms with Crippen LogP contribution < -0.4 is 11.0 Å². The number of pyridine rings is 2. The number of hydrogen-bond acceptors (Lipinski definition) is 6. The zero-order valence-corrected chi connectivity index (χ0v) is 18.0. The van der Waals surface area contributed by atoms with E-state index in [-0.39, 0.29) is 18.5 Å². The van der Waals surface area contributed by atoms with E-state index < -0.39 is 5.69 Å². The number of carbonyl (C=O) groups excluding carboxylic acids is 1. The number of hydrogen-bond donors (Lipinski definition) is 1. The lowest BCUT2D eigenvalue weighted by atomic mass is 10.1. The molecule has 8 nitrogen and oxygen atoms in total. The van der Waals surface area contributed by atoms with Gasteiger partial charge in [-0.2, -0.15) is 4.98 Å². The summed E-state index contributed by atoms with van der Waals surface area (Å²) >= 11 is 0. The van der Waals surface area contributed by atoms with Crippen molar-refractivity contribution in [2.24, 2.45) is 0 Å². The molecule has 160 valence electrons. The van der Waals surface area contributed by atoms with Crippen LogP contribution in [0.2, 0.25) is 0 Å². The molecule has 1 unspecified atom stereocenters. The highest BCUT2D eigenvalue weighted by Crippen LogP contribution is 2.32. The molecule has 0 radical (unpaired) electrons. The van der Waals surface area contributed by atoms with E-state index in [1.54, 1.807) is 6.92 Å². The largest absolute Gasteiger partial charge is 0.348 e. The Kier molecular flexibility index (Phi) is 5.79. The highest BCUT2D eigenvalue weighted by molar-refractivity contribution is 5.77. The van der Waals surface area contributed by atoms with Crippen molar-refractivity contribution in [3.63, 3.8) is 0 Å². The molecular formula is C23H26N6O2. The zero-order chi connectivity index (χ0) is 22.0. The predicted molar refractivity (Wildman–Crippen MR) is 118 cm³/mol. The molecule has 0 spiro atoms. The Labute approximate surface area is 181 Å². The molecule has 1 N–H and O–H groups in total. The van der Waals surface area contributed by atoms with Gasteiger partial charge in [0, 0.05) is 23.6 Å². The van der Waals surface area contributed by atoms with E-state index in [9.17, 15) is 9.59 Å². The average Bonchev–Trinajstić information content (AvgIpc) is 3.21. The summed E-state index contributed by atoms with van der Waals surface area (Å²) in [5.74, 6) is 1.31. The van der Waals surface area contributed by atoms with Crippen molar-refractivity contribution in [2.75, 3.05) is 11.9 Å². The third kappa shape index (κ3) is 4.63. The first-order chi connectivity index (χ1) is 14.9. The molecule has 1 aliphatic heterocycles. The Morgan fingerprint density at radius 2 is 1.77 bits per heavy atom. The highest BCUT2D eigenvalue weighted by atomic mass is 16.2. The molecule has 3 aromatic rings. The number of aromatic nitrogens is 4. The van der Waals surface area contributed by atoms with Gasteiger partial charge in [-0.1, -0.05) is 12.1 Å². The van der Waals surface area contributed by atoms with Gasteiger partial charge in [0.2, 0.25) is 5.91 Å². The lowest BCUT2D eigenvalue weighted by Gasteiger charge is -2.25. The number of carbonyl (C=O) groups is 1. The van der Waals surface area contributed by atoms with Crippen LogP contribution in [-0.4, -0.2) is 36.9 Å². The summed E-state index contributed by atoms with van der Waals surface area (Å²) < 4.78 is 1.43. The van der Waals surface area contributed by atoms with Crippen LogP contribution in [0.1, 0.15) is 41.7 Å². The minimum Gasteiger partial charge on any atom is -0.333 e. The molecule has 4 rings (SSSR count). The lowest BCUT2D eigenvalue weighted by molar-refractivity contribution is -0.133. The van der Waals surface area contributed by atoms with Crippen molar-refractivity contribution in [1.82, 2.24) is 24.4 Å². The van der Waals surface area contributed by atoms with E-state index in [1.807, 2.05) is 61.2 Å². The molecule has 4 heterocycles. The number of nitrogens with zero attached hydrogens (tertiary/aromatic N) is 5. The first-order valence-corrected chi connectivity index (χ1v) is 10.4. The summed E-state index contributed by atoms with van der Waals surface area (Å²) in [5.41, 5.74) is 2.74. The van der Waals surface area contributed by atoms with Gasteiger partial charge in [-0.15, -0.1) is 0 Å². The fraction of sp³-hybridized carbons (Fsp3) is 0.348. The lowest BCUT2D eigenvalue weighted by Crippen LogP contribution is -2.37. The van der Waals surface area contributed by atoms with Gasteiger partial charge in [-0.3, -0.25) is 9.36 Å². The highest BCUT2D eigenvalue weighted by Gasteiger charge is 2.31. The van der Waals surface area contributed by atoms with Crippen molar-refractivity contribution in [1.29, 1.82) is 0 Å². The average molecular weight is 419 g/mol. The second-order valence-electron chi connectivity index (χ2n) is 7.89. The number of likely N-dealkylation sites (tertiary alicyclic amines) is 1. The SMILES string of the molecule is Cc1cccc(Nc2cccc(C3CCCN3C(=O)Cn3c(C)cc(C)nc3=O)n2)n1. The standard InChI is InChI=1S/C23H26N6O2/c1-15-7-4-10-20(24-15)27-21-11-5-8-18(26-21)19-9-6-12-28(19)22(30)14-29-17(3)13-16(2)25-23(29)31/h4-5,7-8,10-11,13,19H,6,9,12,14H2,1-3H3,(H,24,26,27). The van der Waals surface area contributed by atoms with Crippen molar-refractivity contribution >= 4 is 17.5 Å². The minimum absolute atomic E-state index is 0.0143. The molecular weight excluding hydrogens is 392 g/mol. The van der Waals surface area contributed by atoms with Crippen LogP contribution in [0.15, 0.2) is 47.3 Å². The maximum absolute atomic E-state index is 13.1. The maximum atomic E-state index is 13.1. The summed E-state index contributed by atoms with van der Waals surface area (Å²) in [7, 11) is 0. The zero-order valence-electron chi connectivity index (χ0n) is 18.0. The summed E-state index contributed by atoms with van der Waals surface area (Å²) in [6.45, 7) is 6.17. The Bertz CT molecular complexity index is 1170. The summed E-state index contributed by atoms with van der Waals surface area (Å²) in [6, 6.07) is 13.2. The number of rotatable bonds is 5. The Hall–Kier alpha value is -3.55.